The standard InChI is InChI=1S/C22H18N2O/c1-2-24-21-7-5-17(4-3-16-9-11-23-12-10-16)13-19(21)20-14-18(15-25)6-8-22(20)24/h3-15H,2H2,1H3/b4-3+. The van der Waals surface area contributed by atoms with Gasteiger partial charge in [0.25, 0.3) is 0 Å². The number of fused-ring (bicyclic) bond motifs is 3. The number of carbonyl (C=O) groups is 1. The molecule has 0 unspecified atom stereocenters. The minimum atomic E-state index is 0.709. The lowest BCUT2D eigenvalue weighted by atomic mass is 10.1. The van der Waals surface area contributed by atoms with Gasteiger partial charge in [0, 0.05) is 46.3 Å². The summed E-state index contributed by atoms with van der Waals surface area (Å²) in [6.07, 6.45) is 8.67. The van der Waals surface area contributed by atoms with E-state index in [2.05, 4.69) is 46.8 Å². The van der Waals surface area contributed by atoms with Crippen molar-refractivity contribution in [1.29, 1.82) is 0 Å². The van der Waals surface area contributed by atoms with Crippen LogP contribution in [0.3, 0.4) is 0 Å². The van der Waals surface area contributed by atoms with E-state index in [9.17, 15) is 4.79 Å². The van der Waals surface area contributed by atoms with Gasteiger partial charge in [-0.3, -0.25) is 9.78 Å². The lowest BCUT2D eigenvalue weighted by Crippen LogP contribution is -1.92. The third-order valence-electron chi connectivity index (χ3n) is 4.54. The molecule has 4 rings (SSSR count). The van der Waals surface area contributed by atoms with E-state index in [1.54, 1.807) is 12.4 Å². The highest BCUT2D eigenvalue weighted by Gasteiger charge is 2.10. The average Bonchev–Trinajstić information content (AvgIpc) is 2.99. The number of hydrogen-bond donors (Lipinski definition) is 0. The van der Waals surface area contributed by atoms with Crippen molar-refractivity contribution in [2.24, 2.45) is 0 Å². The molecule has 0 aliphatic heterocycles. The van der Waals surface area contributed by atoms with Crippen LogP contribution in [0.15, 0.2) is 60.9 Å². The number of benzene rings is 2. The van der Waals surface area contributed by atoms with Crippen LogP contribution in [-0.2, 0) is 6.54 Å². The predicted molar refractivity (Wildman–Crippen MR) is 104 cm³/mol. The highest BCUT2D eigenvalue weighted by atomic mass is 16.1. The summed E-state index contributed by atoms with van der Waals surface area (Å²) in [4.78, 5) is 15.2. The number of pyridine rings is 1. The summed E-state index contributed by atoms with van der Waals surface area (Å²) in [5.74, 6) is 0. The molecule has 0 fully saturated rings. The van der Waals surface area contributed by atoms with Crippen molar-refractivity contribution in [2.75, 3.05) is 0 Å². The topological polar surface area (TPSA) is 34.9 Å². The lowest BCUT2D eigenvalue weighted by molar-refractivity contribution is 0.112. The average molecular weight is 326 g/mol. The van der Waals surface area contributed by atoms with Gasteiger partial charge in [-0.15, -0.1) is 0 Å². The maximum absolute atomic E-state index is 11.2. The fourth-order valence-corrected chi connectivity index (χ4v) is 3.32. The van der Waals surface area contributed by atoms with Gasteiger partial charge in [0.2, 0.25) is 0 Å². The van der Waals surface area contributed by atoms with E-state index in [1.165, 1.54) is 16.4 Å². The van der Waals surface area contributed by atoms with Crippen molar-refractivity contribution in [2.45, 2.75) is 13.5 Å². The van der Waals surface area contributed by atoms with Crippen molar-refractivity contribution < 1.29 is 4.79 Å². The molecule has 4 aromatic rings. The molecule has 2 heterocycles. The Balaban J connectivity index is 1.88. The van der Waals surface area contributed by atoms with Crippen molar-refractivity contribution in [3.8, 4) is 0 Å². The monoisotopic (exact) mass is 326 g/mol. The molecular weight excluding hydrogens is 308 g/mol. The first-order valence-electron chi connectivity index (χ1n) is 8.39. The molecule has 0 radical (unpaired) electrons. The summed E-state index contributed by atoms with van der Waals surface area (Å²) >= 11 is 0. The minimum Gasteiger partial charge on any atom is -0.341 e. The van der Waals surface area contributed by atoms with Gasteiger partial charge in [0.1, 0.15) is 6.29 Å². The third kappa shape index (κ3) is 2.74. The van der Waals surface area contributed by atoms with Gasteiger partial charge < -0.3 is 4.57 Å². The van der Waals surface area contributed by atoms with Crippen LogP contribution >= 0.6 is 0 Å². The minimum absolute atomic E-state index is 0.709. The van der Waals surface area contributed by atoms with Crippen molar-refractivity contribution >= 4 is 40.2 Å². The van der Waals surface area contributed by atoms with Gasteiger partial charge in [-0.25, -0.2) is 0 Å². The molecule has 0 saturated carbocycles. The summed E-state index contributed by atoms with van der Waals surface area (Å²) in [5, 5.41) is 2.30. The summed E-state index contributed by atoms with van der Waals surface area (Å²) in [7, 11) is 0. The highest BCUT2D eigenvalue weighted by Crippen LogP contribution is 2.30. The predicted octanol–water partition coefficient (Wildman–Crippen LogP) is 5.19. The molecule has 0 spiro atoms. The number of rotatable bonds is 4. The molecule has 3 heteroatoms. The van der Waals surface area contributed by atoms with E-state index < -0.39 is 0 Å². The van der Waals surface area contributed by atoms with Gasteiger partial charge in [-0.05, 0) is 60.5 Å². The van der Waals surface area contributed by atoms with E-state index in [0.717, 1.165) is 29.3 Å². The zero-order chi connectivity index (χ0) is 17.2. The molecule has 0 aliphatic rings. The molecular formula is C22H18N2O. The first kappa shape index (κ1) is 15.3. The number of aryl methyl sites for hydroxylation is 1. The fourth-order valence-electron chi connectivity index (χ4n) is 3.32. The third-order valence-corrected chi connectivity index (χ3v) is 4.54. The number of aldehydes is 1. The van der Waals surface area contributed by atoms with Crippen molar-refractivity contribution in [3.63, 3.8) is 0 Å². The van der Waals surface area contributed by atoms with Crippen LogP contribution in [-0.4, -0.2) is 15.8 Å². The molecule has 2 aromatic heterocycles. The number of hydrogen-bond acceptors (Lipinski definition) is 2. The van der Waals surface area contributed by atoms with Crippen molar-refractivity contribution in [3.05, 3.63) is 77.6 Å². The van der Waals surface area contributed by atoms with Crippen LogP contribution < -0.4 is 0 Å². The number of nitrogens with zero attached hydrogens (tertiary/aromatic N) is 2. The van der Waals surface area contributed by atoms with E-state index in [-0.39, 0.29) is 0 Å². The Morgan fingerprint density at radius 1 is 0.840 bits per heavy atom. The fraction of sp³-hybridized carbons (Fsp3) is 0.0909. The van der Waals surface area contributed by atoms with Gasteiger partial charge in [0.05, 0.1) is 0 Å². The van der Waals surface area contributed by atoms with Crippen LogP contribution in [0.4, 0.5) is 0 Å². The SMILES string of the molecule is CCn1c2ccc(C=O)cc2c2cc(/C=C/c3ccncc3)ccc21. The van der Waals surface area contributed by atoms with Crippen LogP contribution in [0.25, 0.3) is 34.0 Å². The Hall–Kier alpha value is -3.20. The van der Waals surface area contributed by atoms with E-state index in [4.69, 9.17) is 0 Å². The second-order valence-corrected chi connectivity index (χ2v) is 6.03. The maximum Gasteiger partial charge on any atom is 0.150 e. The summed E-state index contributed by atoms with van der Waals surface area (Å²) in [6.45, 7) is 3.04. The molecule has 0 atom stereocenters. The van der Waals surface area contributed by atoms with Crippen LogP contribution in [0, 0.1) is 0 Å². The Labute approximate surface area is 146 Å². The molecule has 0 amide bonds. The Kier molecular flexibility index (Phi) is 3.90. The van der Waals surface area contributed by atoms with Gasteiger partial charge in [-0.2, -0.15) is 0 Å². The molecule has 0 aliphatic carbocycles. The second-order valence-electron chi connectivity index (χ2n) is 6.03. The van der Waals surface area contributed by atoms with Crippen LogP contribution in [0.5, 0.6) is 0 Å². The molecule has 122 valence electrons. The summed E-state index contributed by atoms with van der Waals surface area (Å²) < 4.78 is 2.29. The van der Waals surface area contributed by atoms with E-state index in [1.807, 2.05) is 30.3 Å². The zero-order valence-corrected chi connectivity index (χ0v) is 14.0. The van der Waals surface area contributed by atoms with Gasteiger partial charge >= 0.3 is 0 Å². The van der Waals surface area contributed by atoms with Crippen molar-refractivity contribution in [1.82, 2.24) is 9.55 Å². The molecule has 0 N–H and O–H groups in total. The Bertz CT molecular complexity index is 1090. The van der Waals surface area contributed by atoms with Crippen LogP contribution in [0.1, 0.15) is 28.4 Å². The Morgan fingerprint density at radius 3 is 2.08 bits per heavy atom. The quantitative estimate of drug-likeness (QED) is 0.484. The van der Waals surface area contributed by atoms with Gasteiger partial charge in [-0.1, -0.05) is 18.2 Å². The maximum atomic E-state index is 11.2. The lowest BCUT2D eigenvalue weighted by Gasteiger charge is -2.03. The smallest absolute Gasteiger partial charge is 0.150 e. The zero-order valence-electron chi connectivity index (χ0n) is 14.0. The largest absolute Gasteiger partial charge is 0.341 e. The molecule has 0 bridgehead atoms. The first-order chi connectivity index (χ1) is 12.3. The van der Waals surface area contributed by atoms with Gasteiger partial charge in [0.15, 0.2) is 0 Å². The van der Waals surface area contributed by atoms with E-state index in [0.29, 0.717) is 5.56 Å². The van der Waals surface area contributed by atoms with E-state index >= 15 is 0 Å². The number of carbonyl (C=O) groups excluding carboxylic acids is 1. The second kappa shape index (κ2) is 6.36. The normalized spacial score (nSPS) is 11.6. The molecule has 0 saturated heterocycles. The highest BCUT2D eigenvalue weighted by molar-refractivity contribution is 6.10. The number of aromatic nitrogens is 2. The molecule has 2 aromatic carbocycles. The van der Waals surface area contributed by atoms with Crippen LogP contribution in [0.2, 0.25) is 0 Å². The Morgan fingerprint density at radius 2 is 1.44 bits per heavy atom. The summed E-state index contributed by atoms with van der Waals surface area (Å²) in [5.41, 5.74) is 5.32. The first-order valence-corrected chi connectivity index (χ1v) is 8.39. The molecule has 3 nitrogen and oxygen atoms in total. The summed E-state index contributed by atoms with van der Waals surface area (Å²) in [6, 6.07) is 16.3. The molecule has 25 heavy (non-hydrogen) atoms.